The van der Waals surface area contributed by atoms with E-state index in [4.69, 9.17) is 0 Å². The van der Waals surface area contributed by atoms with Crippen molar-refractivity contribution in [2.45, 2.75) is 19.4 Å². The van der Waals surface area contributed by atoms with Crippen molar-refractivity contribution >= 4 is 0 Å². The fourth-order valence-corrected chi connectivity index (χ4v) is 1.37. The molecule has 0 saturated carbocycles. The maximum Gasteiger partial charge on any atom is 0.142 e. The molecule has 12 heavy (non-hydrogen) atoms. The Kier molecular flexibility index (Phi) is 2.98. The molecule has 2 heteroatoms. The third-order valence-electron chi connectivity index (χ3n) is 2.68. The summed E-state index contributed by atoms with van der Waals surface area (Å²) in [4.78, 5) is 0. The van der Waals surface area contributed by atoms with Crippen LogP contribution in [0.4, 0.5) is 0 Å². The van der Waals surface area contributed by atoms with E-state index >= 15 is 0 Å². The third kappa shape index (κ3) is 3.55. The Morgan fingerprint density at radius 2 is 1.17 bits per heavy atom. The molecule has 0 aromatic rings. The molecule has 0 amide bonds. The van der Waals surface area contributed by atoms with E-state index in [-0.39, 0.29) is 0 Å². The van der Waals surface area contributed by atoms with Crippen LogP contribution >= 0.6 is 0 Å². The molecule has 0 spiro atoms. The quantitative estimate of drug-likeness (QED) is 0.564. The molecule has 74 valence electrons. The fraction of sp³-hybridized carbons (Fsp3) is 1.00. The van der Waals surface area contributed by atoms with Gasteiger partial charge in [-0.2, -0.15) is 0 Å². The lowest BCUT2D eigenvalue weighted by Crippen LogP contribution is -2.61. The molecule has 0 atom stereocenters. The molecular formula is C10H26N2+2. The highest BCUT2D eigenvalue weighted by atomic mass is 15.4. The maximum absolute atomic E-state index is 2.33. The number of rotatable bonds is 3. The molecule has 0 heterocycles. The second-order valence-corrected chi connectivity index (χ2v) is 6.27. The molecule has 2 nitrogen and oxygen atoms in total. The Hall–Kier alpha value is -0.0800. The lowest BCUT2D eigenvalue weighted by atomic mass is 10.0. The molecule has 0 rings (SSSR count). The molecule has 0 bridgehead atoms. The van der Waals surface area contributed by atoms with E-state index in [1.54, 1.807) is 0 Å². The van der Waals surface area contributed by atoms with Crippen LogP contribution in [0.3, 0.4) is 0 Å². The zero-order chi connectivity index (χ0) is 10.2. The van der Waals surface area contributed by atoms with Crippen molar-refractivity contribution in [1.29, 1.82) is 0 Å². The zero-order valence-corrected chi connectivity index (χ0v) is 10.1. The van der Waals surface area contributed by atoms with Crippen LogP contribution in [0.2, 0.25) is 0 Å². The van der Waals surface area contributed by atoms with Gasteiger partial charge in [0.1, 0.15) is 12.1 Å². The van der Waals surface area contributed by atoms with E-state index in [1.165, 1.54) is 6.54 Å². The molecule has 0 unspecified atom stereocenters. The van der Waals surface area contributed by atoms with Gasteiger partial charge in [0.15, 0.2) is 0 Å². The van der Waals surface area contributed by atoms with Crippen molar-refractivity contribution in [1.82, 2.24) is 0 Å². The molecule has 0 aliphatic carbocycles. The van der Waals surface area contributed by atoms with Crippen molar-refractivity contribution in [3.05, 3.63) is 0 Å². The average molecular weight is 174 g/mol. The minimum atomic E-state index is 0.332. The van der Waals surface area contributed by atoms with Gasteiger partial charge >= 0.3 is 0 Å². The molecule has 0 fully saturated rings. The van der Waals surface area contributed by atoms with E-state index < -0.39 is 0 Å². The van der Waals surface area contributed by atoms with Crippen LogP contribution in [-0.2, 0) is 0 Å². The van der Waals surface area contributed by atoms with Crippen molar-refractivity contribution < 1.29 is 8.97 Å². The number of hydrogen-bond donors (Lipinski definition) is 0. The monoisotopic (exact) mass is 174 g/mol. The Morgan fingerprint density at radius 3 is 1.25 bits per heavy atom. The smallest absolute Gasteiger partial charge is 0.142 e. The first-order valence-corrected chi connectivity index (χ1v) is 4.58. The Balaban J connectivity index is 4.44. The lowest BCUT2D eigenvalue weighted by Gasteiger charge is -2.44. The normalized spacial score (nSPS) is 15.0. The summed E-state index contributed by atoms with van der Waals surface area (Å²) in [5, 5.41) is 0. The van der Waals surface area contributed by atoms with Crippen LogP contribution in [0, 0.1) is 0 Å². The van der Waals surface area contributed by atoms with Gasteiger partial charge in [0.05, 0.1) is 42.3 Å². The predicted octanol–water partition coefficient (Wildman–Crippen LogP) is 1.18. The number of likely N-dealkylation sites (N-methyl/N-ethyl adjacent to an activating group) is 2. The van der Waals surface area contributed by atoms with E-state index in [2.05, 4.69) is 56.1 Å². The van der Waals surface area contributed by atoms with Gasteiger partial charge in [-0.05, 0) is 13.8 Å². The minimum absolute atomic E-state index is 0.332. The Morgan fingerprint density at radius 1 is 0.833 bits per heavy atom. The third-order valence-corrected chi connectivity index (χ3v) is 2.68. The predicted molar refractivity (Wildman–Crippen MR) is 55.0 cm³/mol. The fourth-order valence-electron chi connectivity index (χ4n) is 1.37. The topological polar surface area (TPSA) is 0 Å². The first-order chi connectivity index (χ1) is 4.96. The van der Waals surface area contributed by atoms with Gasteiger partial charge in [-0.1, -0.05) is 0 Å². The number of nitrogens with zero attached hydrogens (tertiary/aromatic N) is 2. The zero-order valence-electron chi connectivity index (χ0n) is 10.1. The largest absolute Gasteiger partial charge is 0.326 e. The van der Waals surface area contributed by atoms with Crippen molar-refractivity contribution in [3.63, 3.8) is 0 Å². The van der Waals surface area contributed by atoms with Gasteiger partial charge in [0.2, 0.25) is 0 Å². The van der Waals surface area contributed by atoms with E-state index in [9.17, 15) is 0 Å². The summed E-state index contributed by atoms with van der Waals surface area (Å²) in [5.74, 6) is 0. The van der Waals surface area contributed by atoms with E-state index in [0.717, 1.165) is 8.97 Å². The minimum Gasteiger partial charge on any atom is -0.326 e. The molecule has 0 aliphatic heterocycles. The number of quaternary nitrogens is 2. The molecule has 0 radical (unpaired) electrons. The highest BCUT2D eigenvalue weighted by molar-refractivity contribution is 4.66. The summed E-state index contributed by atoms with van der Waals surface area (Å²) in [6, 6.07) is 0. The summed E-state index contributed by atoms with van der Waals surface area (Å²) >= 11 is 0. The first kappa shape index (κ1) is 11.9. The van der Waals surface area contributed by atoms with Gasteiger partial charge in [0, 0.05) is 0 Å². The average Bonchev–Trinajstić information content (AvgIpc) is 1.52. The van der Waals surface area contributed by atoms with Crippen LogP contribution in [-0.4, -0.2) is 63.3 Å². The summed E-state index contributed by atoms with van der Waals surface area (Å²) in [5.41, 5.74) is 0.332. The van der Waals surface area contributed by atoms with Crippen LogP contribution < -0.4 is 0 Å². The van der Waals surface area contributed by atoms with Gasteiger partial charge in [-0.25, -0.2) is 0 Å². The maximum atomic E-state index is 2.33. The molecule has 0 aliphatic rings. The van der Waals surface area contributed by atoms with Crippen molar-refractivity contribution in [2.24, 2.45) is 0 Å². The second kappa shape index (κ2) is 3.00. The standard InChI is InChI=1S/C10H26N2/c1-10(2,12(6,7)8)9-11(3,4)5/h9H2,1-8H3/q+2. The molecule has 0 N–H and O–H groups in total. The summed E-state index contributed by atoms with van der Waals surface area (Å²) in [6.07, 6.45) is 0. The van der Waals surface area contributed by atoms with Crippen LogP contribution in [0.15, 0.2) is 0 Å². The highest BCUT2D eigenvalue weighted by Crippen LogP contribution is 2.19. The highest BCUT2D eigenvalue weighted by Gasteiger charge is 2.37. The Labute approximate surface area is 78.0 Å². The van der Waals surface area contributed by atoms with Gasteiger partial charge in [-0.15, -0.1) is 0 Å². The Bertz CT molecular complexity index is 146. The molecule has 0 aromatic carbocycles. The van der Waals surface area contributed by atoms with E-state index in [1.807, 2.05) is 0 Å². The summed E-state index contributed by atoms with van der Waals surface area (Å²) in [7, 11) is 13.5. The van der Waals surface area contributed by atoms with Crippen molar-refractivity contribution in [2.75, 3.05) is 48.8 Å². The first-order valence-electron chi connectivity index (χ1n) is 4.58. The second-order valence-electron chi connectivity index (χ2n) is 6.27. The van der Waals surface area contributed by atoms with Crippen LogP contribution in [0.1, 0.15) is 13.8 Å². The lowest BCUT2D eigenvalue weighted by molar-refractivity contribution is -0.966. The van der Waals surface area contributed by atoms with Crippen LogP contribution in [0.25, 0.3) is 0 Å². The molecule has 0 aromatic heterocycles. The van der Waals surface area contributed by atoms with E-state index in [0.29, 0.717) is 5.54 Å². The van der Waals surface area contributed by atoms with Gasteiger partial charge in [0.25, 0.3) is 0 Å². The molecule has 0 saturated heterocycles. The van der Waals surface area contributed by atoms with Crippen molar-refractivity contribution in [3.8, 4) is 0 Å². The van der Waals surface area contributed by atoms with Gasteiger partial charge in [-0.3, -0.25) is 0 Å². The summed E-state index contributed by atoms with van der Waals surface area (Å²) < 4.78 is 2.05. The summed E-state index contributed by atoms with van der Waals surface area (Å²) in [6.45, 7) is 5.85. The number of hydrogen-bond acceptors (Lipinski definition) is 0. The molecular weight excluding hydrogens is 148 g/mol. The SMILES string of the molecule is CC(C)(C[N+](C)(C)C)[N+](C)(C)C. The van der Waals surface area contributed by atoms with Gasteiger partial charge < -0.3 is 8.97 Å². The van der Waals surface area contributed by atoms with Crippen LogP contribution in [0.5, 0.6) is 0 Å².